The first-order valence-corrected chi connectivity index (χ1v) is 12.6. The number of imidazole rings is 1. The number of benzene rings is 2. The van der Waals surface area contributed by atoms with Gasteiger partial charge in [-0.15, -0.1) is 0 Å². The van der Waals surface area contributed by atoms with Crippen LogP contribution in [0.5, 0.6) is 5.88 Å². The molecule has 182 valence electrons. The first kappa shape index (κ1) is 22.7. The lowest BCUT2D eigenvalue weighted by Gasteiger charge is -2.29. The van der Waals surface area contributed by atoms with Gasteiger partial charge in [-0.3, -0.25) is 4.40 Å². The van der Waals surface area contributed by atoms with E-state index in [1.807, 2.05) is 36.5 Å². The fraction of sp³-hybridized carbons (Fsp3) is 0.345. The molecule has 2 aromatic carbocycles. The van der Waals surface area contributed by atoms with Gasteiger partial charge >= 0.3 is 0 Å². The Balaban J connectivity index is 1.47. The van der Waals surface area contributed by atoms with Gasteiger partial charge in [-0.25, -0.2) is 9.97 Å². The molecule has 7 heteroatoms. The highest BCUT2D eigenvalue weighted by Gasteiger charge is 2.25. The lowest BCUT2D eigenvalue weighted by molar-refractivity contribution is 0.148. The van der Waals surface area contributed by atoms with Crippen LogP contribution in [0.4, 0.5) is 0 Å². The summed E-state index contributed by atoms with van der Waals surface area (Å²) in [5, 5.41) is 19.6. The van der Waals surface area contributed by atoms with Crippen LogP contribution >= 0.6 is 0 Å². The van der Waals surface area contributed by atoms with Crippen LogP contribution < -0.4 is 4.74 Å². The van der Waals surface area contributed by atoms with Crippen molar-refractivity contribution < 1.29 is 9.84 Å². The minimum atomic E-state index is -0.395. The van der Waals surface area contributed by atoms with Crippen molar-refractivity contribution in [3.63, 3.8) is 0 Å². The SMILES string of the molecule is CN1CCC[C@@H](COc2nc(-c3ccc(C#N)cc3)c(-c3ccc4c(c3)CCC4O)n3ccnc23)C1. The molecular weight excluding hydrogens is 450 g/mol. The fourth-order valence-electron chi connectivity index (χ4n) is 5.59. The third-order valence-corrected chi connectivity index (χ3v) is 7.44. The Morgan fingerprint density at radius 3 is 2.78 bits per heavy atom. The molecule has 2 aromatic heterocycles. The summed E-state index contributed by atoms with van der Waals surface area (Å²) in [5.74, 6) is 0.981. The molecule has 0 spiro atoms. The second-order valence-corrected chi connectivity index (χ2v) is 9.97. The number of hydrogen-bond acceptors (Lipinski definition) is 6. The molecule has 6 rings (SSSR count). The first-order chi connectivity index (χ1) is 17.6. The molecule has 36 heavy (non-hydrogen) atoms. The van der Waals surface area contributed by atoms with E-state index in [9.17, 15) is 10.4 Å². The summed E-state index contributed by atoms with van der Waals surface area (Å²) >= 11 is 0. The standard InChI is InChI=1S/C29H29N5O2/c1-33-13-2-3-20(17-33)18-36-29-28-31-12-14-34(28)27(23-8-10-24-22(15-23)9-11-25(24)35)26(32-29)21-6-4-19(16-30)5-7-21/h4-8,10,12,14-15,20,25,35H,2-3,9,11,13,17-18H2,1H3/t20-,25?/m1/s1. The molecule has 2 atom stereocenters. The molecule has 1 aliphatic heterocycles. The summed E-state index contributed by atoms with van der Waals surface area (Å²) in [6, 6.07) is 15.9. The third-order valence-electron chi connectivity index (χ3n) is 7.44. The van der Waals surface area contributed by atoms with Gasteiger partial charge in [0.1, 0.15) is 0 Å². The number of ether oxygens (including phenoxy) is 1. The Bertz CT molecular complexity index is 1450. The summed E-state index contributed by atoms with van der Waals surface area (Å²) in [7, 11) is 2.16. The molecule has 4 aromatic rings. The van der Waals surface area contributed by atoms with Gasteiger partial charge in [0.2, 0.25) is 5.65 Å². The largest absolute Gasteiger partial charge is 0.475 e. The first-order valence-electron chi connectivity index (χ1n) is 12.6. The van der Waals surface area contributed by atoms with Crippen molar-refractivity contribution in [2.24, 2.45) is 5.92 Å². The normalized spacial score (nSPS) is 19.8. The lowest BCUT2D eigenvalue weighted by Crippen LogP contribution is -2.34. The molecule has 1 aliphatic carbocycles. The predicted molar refractivity (Wildman–Crippen MR) is 138 cm³/mol. The van der Waals surface area contributed by atoms with Gasteiger partial charge in [0.25, 0.3) is 5.88 Å². The van der Waals surface area contributed by atoms with Gasteiger partial charge in [0.05, 0.1) is 35.7 Å². The smallest absolute Gasteiger partial charge is 0.259 e. The zero-order valence-electron chi connectivity index (χ0n) is 20.4. The second-order valence-electron chi connectivity index (χ2n) is 9.97. The summed E-state index contributed by atoms with van der Waals surface area (Å²) in [6.07, 6.45) is 7.27. The van der Waals surface area contributed by atoms with Gasteiger partial charge in [-0.2, -0.15) is 5.26 Å². The van der Waals surface area contributed by atoms with E-state index >= 15 is 0 Å². The van der Waals surface area contributed by atoms with Gasteiger partial charge in [0, 0.05) is 36.0 Å². The van der Waals surface area contributed by atoms with Crippen molar-refractivity contribution in [2.45, 2.75) is 31.8 Å². The highest BCUT2D eigenvalue weighted by atomic mass is 16.5. The molecule has 0 bridgehead atoms. The number of aryl methyl sites for hydroxylation is 1. The maximum Gasteiger partial charge on any atom is 0.259 e. The van der Waals surface area contributed by atoms with E-state index in [-0.39, 0.29) is 0 Å². The van der Waals surface area contributed by atoms with E-state index in [1.54, 1.807) is 6.20 Å². The number of aliphatic hydroxyl groups excluding tert-OH is 1. The Hall–Kier alpha value is -3.73. The number of fused-ring (bicyclic) bond motifs is 2. The Morgan fingerprint density at radius 1 is 1.14 bits per heavy atom. The van der Waals surface area contributed by atoms with E-state index < -0.39 is 6.10 Å². The third kappa shape index (κ3) is 4.13. The van der Waals surface area contributed by atoms with Gasteiger partial charge in [-0.1, -0.05) is 24.3 Å². The molecule has 1 unspecified atom stereocenters. The van der Waals surface area contributed by atoms with Crippen molar-refractivity contribution >= 4 is 5.65 Å². The van der Waals surface area contributed by atoms with Crippen LogP contribution in [0, 0.1) is 17.2 Å². The molecule has 0 radical (unpaired) electrons. The predicted octanol–water partition coefficient (Wildman–Crippen LogP) is 4.64. The van der Waals surface area contributed by atoms with Crippen LogP contribution in [-0.4, -0.2) is 51.1 Å². The number of aliphatic hydroxyl groups is 1. The summed E-state index contributed by atoms with van der Waals surface area (Å²) in [5.41, 5.74) is 7.08. The quantitative estimate of drug-likeness (QED) is 0.449. The minimum Gasteiger partial charge on any atom is -0.475 e. The van der Waals surface area contributed by atoms with E-state index in [2.05, 4.69) is 39.5 Å². The molecule has 0 saturated carbocycles. The molecule has 1 N–H and O–H groups in total. The monoisotopic (exact) mass is 479 g/mol. The average molecular weight is 480 g/mol. The van der Waals surface area contributed by atoms with Gasteiger partial charge < -0.3 is 14.7 Å². The number of piperidine rings is 1. The average Bonchev–Trinajstić information content (AvgIpc) is 3.54. The van der Waals surface area contributed by atoms with Crippen molar-refractivity contribution in [3.8, 4) is 34.5 Å². The highest BCUT2D eigenvalue weighted by molar-refractivity contribution is 5.82. The van der Waals surface area contributed by atoms with Gasteiger partial charge in [0.15, 0.2) is 0 Å². The molecule has 2 aliphatic rings. The zero-order valence-corrected chi connectivity index (χ0v) is 20.4. The number of aromatic nitrogens is 3. The molecular formula is C29H29N5O2. The molecule has 7 nitrogen and oxygen atoms in total. The number of nitrogens with zero attached hydrogens (tertiary/aromatic N) is 5. The maximum absolute atomic E-state index is 10.3. The van der Waals surface area contributed by atoms with Crippen LogP contribution in [0.25, 0.3) is 28.2 Å². The summed E-state index contributed by atoms with van der Waals surface area (Å²) < 4.78 is 8.40. The van der Waals surface area contributed by atoms with Crippen LogP contribution in [0.15, 0.2) is 54.9 Å². The summed E-state index contributed by atoms with van der Waals surface area (Å²) in [6.45, 7) is 2.75. The minimum absolute atomic E-state index is 0.395. The van der Waals surface area contributed by atoms with E-state index in [0.717, 1.165) is 60.4 Å². The molecule has 3 heterocycles. The van der Waals surface area contributed by atoms with E-state index in [4.69, 9.17) is 9.72 Å². The van der Waals surface area contributed by atoms with E-state index in [0.29, 0.717) is 29.6 Å². The fourth-order valence-corrected chi connectivity index (χ4v) is 5.59. The second kappa shape index (κ2) is 9.38. The molecule has 1 saturated heterocycles. The van der Waals surface area contributed by atoms with Crippen molar-refractivity contribution in [1.82, 2.24) is 19.3 Å². The van der Waals surface area contributed by atoms with Gasteiger partial charge in [-0.05, 0) is 68.6 Å². The number of nitriles is 1. The number of rotatable bonds is 5. The van der Waals surface area contributed by atoms with Crippen LogP contribution in [-0.2, 0) is 6.42 Å². The Morgan fingerprint density at radius 2 is 1.97 bits per heavy atom. The molecule has 1 fully saturated rings. The summed E-state index contributed by atoms with van der Waals surface area (Å²) in [4.78, 5) is 12.0. The van der Waals surface area contributed by atoms with E-state index in [1.165, 1.54) is 12.0 Å². The van der Waals surface area contributed by atoms with Crippen LogP contribution in [0.2, 0.25) is 0 Å². The lowest BCUT2D eigenvalue weighted by atomic mass is 9.99. The van der Waals surface area contributed by atoms with Crippen molar-refractivity contribution in [2.75, 3.05) is 26.7 Å². The van der Waals surface area contributed by atoms with Crippen molar-refractivity contribution in [1.29, 1.82) is 5.26 Å². The Labute approximate surface area is 210 Å². The number of hydrogen-bond donors (Lipinski definition) is 1. The Kier molecular flexibility index (Phi) is 5.92. The van der Waals surface area contributed by atoms with Crippen LogP contribution in [0.1, 0.15) is 42.1 Å². The zero-order chi connectivity index (χ0) is 24.6. The highest BCUT2D eigenvalue weighted by Crippen LogP contribution is 2.38. The number of likely N-dealkylation sites (tertiary alicyclic amines) is 1. The maximum atomic E-state index is 10.3. The van der Waals surface area contributed by atoms with Crippen molar-refractivity contribution in [3.05, 3.63) is 71.5 Å². The topological polar surface area (TPSA) is 86.7 Å². The molecule has 0 amide bonds. The van der Waals surface area contributed by atoms with Crippen LogP contribution in [0.3, 0.4) is 0 Å².